The number of hydrogen-bond acceptors (Lipinski definition) is 4. The van der Waals surface area contributed by atoms with Gasteiger partial charge in [-0.25, -0.2) is 8.42 Å². The summed E-state index contributed by atoms with van der Waals surface area (Å²) in [4.78, 5) is 0.259. The van der Waals surface area contributed by atoms with Gasteiger partial charge in [0.15, 0.2) is 0 Å². The number of rotatable bonds is 3. The molecule has 1 saturated heterocycles. The van der Waals surface area contributed by atoms with Crippen LogP contribution in [0.1, 0.15) is 12.8 Å². The van der Waals surface area contributed by atoms with E-state index < -0.39 is 10.0 Å². The van der Waals surface area contributed by atoms with Crippen molar-refractivity contribution in [3.05, 3.63) is 22.7 Å². The van der Waals surface area contributed by atoms with E-state index in [1.54, 1.807) is 18.2 Å². The highest BCUT2D eigenvalue weighted by atomic mass is 79.9. The zero-order valence-corrected chi connectivity index (χ0v) is 14.3. The van der Waals surface area contributed by atoms with Gasteiger partial charge in [0, 0.05) is 19.1 Å². The van der Waals surface area contributed by atoms with E-state index in [4.69, 9.17) is 10.5 Å². The van der Waals surface area contributed by atoms with Gasteiger partial charge in [-0.3, -0.25) is 0 Å². The monoisotopic (exact) mass is 384 g/mol. The maximum Gasteiger partial charge on any atom is 0.243 e. The molecule has 0 aliphatic carbocycles. The van der Waals surface area contributed by atoms with Gasteiger partial charge in [0.05, 0.1) is 16.5 Å². The minimum Gasteiger partial charge on any atom is -0.496 e. The van der Waals surface area contributed by atoms with Crippen molar-refractivity contribution in [2.75, 3.05) is 20.2 Å². The third kappa shape index (κ3) is 3.65. The molecule has 0 saturated carbocycles. The molecular formula is C12H18BrClN2O3S. The second-order valence-electron chi connectivity index (χ2n) is 4.56. The van der Waals surface area contributed by atoms with Crippen molar-refractivity contribution in [2.45, 2.75) is 23.8 Å². The van der Waals surface area contributed by atoms with Gasteiger partial charge in [0.1, 0.15) is 5.75 Å². The highest BCUT2D eigenvalue weighted by molar-refractivity contribution is 9.10. The topological polar surface area (TPSA) is 72.6 Å². The number of nitrogens with zero attached hydrogens (tertiary/aromatic N) is 1. The highest BCUT2D eigenvalue weighted by Gasteiger charge is 2.29. The molecule has 1 aliphatic heterocycles. The van der Waals surface area contributed by atoms with Crippen molar-refractivity contribution in [3.8, 4) is 5.75 Å². The van der Waals surface area contributed by atoms with Gasteiger partial charge in [-0.05, 0) is 47.0 Å². The Morgan fingerprint density at radius 3 is 2.70 bits per heavy atom. The van der Waals surface area contributed by atoms with E-state index in [0.717, 1.165) is 12.8 Å². The molecule has 0 unspecified atom stereocenters. The Bertz CT molecular complexity index is 568. The van der Waals surface area contributed by atoms with Crippen LogP contribution >= 0.6 is 28.3 Å². The van der Waals surface area contributed by atoms with Gasteiger partial charge < -0.3 is 10.5 Å². The van der Waals surface area contributed by atoms with Gasteiger partial charge >= 0.3 is 0 Å². The fraction of sp³-hybridized carbons (Fsp3) is 0.500. The van der Waals surface area contributed by atoms with Crippen LogP contribution < -0.4 is 10.5 Å². The van der Waals surface area contributed by atoms with E-state index in [9.17, 15) is 8.42 Å². The van der Waals surface area contributed by atoms with E-state index >= 15 is 0 Å². The Morgan fingerprint density at radius 1 is 1.45 bits per heavy atom. The molecule has 1 aromatic rings. The number of benzene rings is 1. The third-order valence-corrected chi connectivity index (χ3v) is 5.66. The van der Waals surface area contributed by atoms with Crippen LogP contribution in [0.4, 0.5) is 0 Å². The summed E-state index contributed by atoms with van der Waals surface area (Å²) >= 11 is 3.30. The number of piperidine rings is 1. The van der Waals surface area contributed by atoms with Crippen molar-refractivity contribution in [3.63, 3.8) is 0 Å². The fourth-order valence-electron chi connectivity index (χ4n) is 2.15. The van der Waals surface area contributed by atoms with Crippen LogP contribution in [0.2, 0.25) is 0 Å². The van der Waals surface area contributed by atoms with Crippen LogP contribution in [0, 0.1) is 0 Å². The van der Waals surface area contributed by atoms with Crippen LogP contribution in [-0.4, -0.2) is 39.0 Å². The minimum absolute atomic E-state index is 0. The van der Waals surface area contributed by atoms with E-state index in [2.05, 4.69) is 15.9 Å². The van der Waals surface area contributed by atoms with Gasteiger partial charge in [0.25, 0.3) is 0 Å². The van der Waals surface area contributed by atoms with Crippen LogP contribution in [-0.2, 0) is 10.0 Å². The molecule has 1 fully saturated rings. The van der Waals surface area contributed by atoms with Crippen LogP contribution in [0.5, 0.6) is 5.75 Å². The normalized spacial score (nSPS) is 20.2. The molecule has 1 atom stereocenters. The van der Waals surface area contributed by atoms with Crippen LogP contribution in [0.25, 0.3) is 0 Å². The smallest absolute Gasteiger partial charge is 0.243 e. The average Bonchev–Trinajstić information content (AvgIpc) is 2.38. The first-order valence-corrected chi connectivity index (χ1v) is 8.27. The number of hydrogen-bond donors (Lipinski definition) is 1. The lowest BCUT2D eigenvalue weighted by Gasteiger charge is -2.29. The molecule has 2 N–H and O–H groups in total. The van der Waals surface area contributed by atoms with Gasteiger partial charge in [-0.2, -0.15) is 4.31 Å². The summed E-state index contributed by atoms with van der Waals surface area (Å²) in [5, 5.41) is 0. The van der Waals surface area contributed by atoms with Crippen LogP contribution in [0.15, 0.2) is 27.6 Å². The summed E-state index contributed by atoms with van der Waals surface area (Å²) in [6.07, 6.45) is 1.68. The number of sulfonamides is 1. The standard InChI is InChI=1S/C12H17BrN2O3S.ClH/c1-18-12-5-4-10(7-11(12)13)19(16,17)15-6-2-3-9(14)8-15;/h4-5,7,9H,2-3,6,8,14H2,1H3;1H/t9-;/m1./s1. The lowest BCUT2D eigenvalue weighted by molar-refractivity contribution is 0.316. The molecule has 0 radical (unpaired) electrons. The zero-order valence-electron chi connectivity index (χ0n) is 11.1. The Hall–Kier alpha value is -0.340. The Labute approximate surface area is 134 Å². The molecule has 20 heavy (non-hydrogen) atoms. The predicted octanol–water partition coefficient (Wildman–Crippen LogP) is 1.99. The number of methoxy groups -OCH3 is 1. The molecule has 1 heterocycles. The fourth-order valence-corrected chi connectivity index (χ4v) is 4.40. The Kier molecular flexibility index (Phi) is 6.27. The van der Waals surface area contributed by atoms with Crippen molar-refractivity contribution < 1.29 is 13.2 Å². The summed E-state index contributed by atoms with van der Waals surface area (Å²) in [6.45, 7) is 0.908. The van der Waals surface area contributed by atoms with Crippen molar-refractivity contribution in [1.29, 1.82) is 0 Å². The predicted molar refractivity (Wildman–Crippen MR) is 83.9 cm³/mol. The summed E-state index contributed by atoms with van der Waals surface area (Å²) in [5.41, 5.74) is 5.84. The second kappa shape index (κ2) is 7.09. The maximum atomic E-state index is 12.5. The summed E-state index contributed by atoms with van der Waals surface area (Å²) in [7, 11) is -1.94. The molecule has 8 heteroatoms. The SMILES string of the molecule is COc1ccc(S(=O)(=O)N2CCC[C@@H](N)C2)cc1Br.Cl. The zero-order chi connectivity index (χ0) is 14.0. The molecule has 0 amide bonds. The molecule has 0 aromatic heterocycles. The minimum atomic E-state index is -3.47. The van der Waals surface area contributed by atoms with Gasteiger partial charge in [0.2, 0.25) is 10.0 Å². The van der Waals surface area contributed by atoms with Crippen molar-refractivity contribution >= 4 is 38.4 Å². The first kappa shape index (κ1) is 17.7. The van der Waals surface area contributed by atoms with Crippen LogP contribution in [0.3, 0.4) is 0 Å². The van der Waals surface area contributed by atoms with E-state index in [1.165, 1.54) is 11.4 Å². The van der Waals surface area contributed by atoms with Gasteiger partial charge in [-0.1, -0.05) is 0 Å². The number of nitrogens with two attached hydrogens (primary N) is 1. The van der Waals surface area contributed by atoms with E-state index in [-0.39, 0.29) is 23.3 Å². The quantitative estimate of drug-likeness (QED) is 0.863. The maximum absolute atomic E-state index is 12.5. The Balaban J connectivity index is 0.00000200. The third-order valence-electron chi connectivity index (χ3n) is 3.18. The number of ether oxygens (including phenoxy) is 1. The lowest BCUT2D eigenvalue weighted by atomic mass is 10.1. The molecule has 1 aliphatic rings. The first-order valence-electron chi connectivity index (χ1n) is 6.04. The van der Waals surface area contributed by atoms with Crippen molar-refractivity contribution in [1.82, 2.24) is 4.31 Å². The number of halogens is 2. The van der Waals surface area contributed by atoms with Gasteiger partial charge in [-0.15, -0.1) is 12.4 Å². The first-order chi connectivity index (χ1) is 8.95. The summed E-state index contributed by atoms with van der Waals surface area (Å²) < 4.78 is 32.2. The Morgan fingerprint density at radius 2 is 2.15 bits per heavy atom. The van der Waals surface area contributed by atoms with E-state index in [0.29, 0.717) is 23.3 Å². The molecule has 0 bridgehead atoms. The molecule has 2 rings (SSSR count). The molecule has 0 spiro atoms. The molecular weight excluding hydrogens is 368 g/mol. The highest BCUT2D eigenvalue weighted by Crippen LogP contribution is 2.29. The van der Waals surface area contributed by atoms with E-state index in [1.807, 2.05) is 0 Å². The molecule has 1 aromatic carbocycles. The summed E-state index contributed by atoms with van der Waals surface area (Å²) in [5.74, 6) is 0.606. The lowest BCUT2D eigenvalue weighted by Crippen LogP contribution is -2.45. The average molecular weight is 386 g/mol. The largest absolute Gasteiger partial charge is 0.496 e. The second-order valence-corrected chi connectivity index (χ2v) is 7.35. The molecule has 114 valence electrons. The van der Waals surface area contributed by atoms with Crippen molar-refractivity contribution in [2.24, 2.45) is 5.73 Å². The summed E-state index contributed by atoms with van der Waals surface area (Å²) in [6, 6.07) is 4.68. The molecule has 5 nitrogen and oxygen atoms in total.